The number of esters is 1. The minimum Gasteiger partial charge on any atom is -0.497 e. The van der Waals surface area contributed by atoms with Gasteiger partial charge in [-0.2, -0.15) is 5.10 Å². The number of aryl methyl sites for hydroxylation is 1. The Hall–Kier alpha value is -4.07. The number of fused-ring (bicyclic) bond motifs is 3. The first-order valence-corrected chi connectivity index (χ1v) is 10.00. The zero-order valence-electron chi connectivity index (χ0n) is 17.7. The first-order chi connectivity index (χ1) is 15.5. The maximum atomic E-state index is 13.6. The number of nitrogens with zero attached hydrogens (tertiary/aromatic N) is 2. The summed E-state index contributed by atoms with van der Waals surface area (Å²) in [4.78, 5) is 25.9. The third-order valence-electron chi connectivity index (χ3n) is 5.70. The van der Waals surface area contributed by atoms with E-state index in [1.165, 1.54) is 13.4 Å². The lowest BCUT2D eigenvalue weighted by Crippen LogP contribution is -2.22. The lowest BCUT2D eigenvalue weighted by Gasteiger charge is -2.25. The van der Waals surface area contributed by atoms with Gasteiger partial charge >= 0.3 is 5.97 Å². The predicted octanol–water partition coefficient (Wildman–Crippen LogP) is 3.65. The second-order valence-electron chi connectivity index (χ2n) is 7.58. The molecule has 3 heterocycles. The second kappa shape index (κ2) is 7.56. The molecule has 2 aromatic carbocycles. The monoisotopic (exact) mass is 432 g/mol. The van der Waals surface area contributed by atoms with Gasteiger partial charge in [0.1, 0.15) is 34.5 Å². The number of rotatable bonds is 4. The van der Waals surface area contributed by atoms with Crippen LogP contribution in [-0.4, -0.2) is 30.0 Å². The van der Waals surface area contributed by atoms with Gasteiger partial charge in [-0.25, -0.2) is 0 Å². The van der Waals surface area contributed by atoms with Crippen molar-refractivity contribution in [1.29, 1.82) is 0 Å². The fourth-order valence-corrected chi connectivity index (χ4v) is 4.15. The van der Waals surface area contributed by atoms with E-state index in [1.54, 1.807) is 55.4 Å². The molecular formula is C24H20N2O6. The first kappa shape index (κ1) is 19.9. The Bertz CT molecular complexity index is 1400. The van der Waals surface area contributed by atoms with Crippen LogP contribution in [0.2, 0.25) is 0 Å². The Labute approximate surface area is 182 Å². The lowest BCUT2D eigenvalue weighted by atomic mass is 9.86. The molecule has 1 atom stereocenters. The van der Waals surface area contributed by atoms with Crippen LogP contribution in [0, 0.1) is 0 Å². The number of aromatic nitrogens is 2. The number of ether oxygens (including phenoxy) is 3. The summed E-state index contributed by atoms with van der Waals surface area (Å²) in [6.07, 6.45) is 5.09. The van der Waals surface area contributed by atoms with Gasteiger partial charge in [-0.3, -0.25) is 14.3 Å². The van der Waals surface area contributed by atoms with Gasteiger partial charge in [0.2, 0.25) is 5.43 Å². The number of carbonyl (C=O) groups is 1. The van der Waals surface area contributed by atoms with Crippen LogP contribution in [0.5, 0.6) is 17.2 Å². The second-order valence-corrected chi connectivity index (χ2v) is 7.58. The quantitative estimate of drug-likeness (QED) is 0.359. The number of benzene rings is 2. The van der Waals surface area contributed by atoms with E-state index >= 15 is 0 Å². The minimum atomic E-state index is -0.370. The molecule has 0 fully saturated rings. The van der Waals surface area contributed by atoms with Crippen LogP contribution < -0.4 is 19.6 Å². The molecule has 0 amide bonds. The van der Waals surface area contributed by atoms with E-state index in [0.717, 1.165) is 5.56 Å². The summed E-state index contributed by atoms with van der Waals surface area (Å²) in [7, 11) is 4.85. The summed E-state index contributed by atoms with van der Waals surface area (Å²) < 4.78 is 23.9. The average molecular weight is 432 g/mol. The summed E-state index contributed by atoms with van der Waals surface area (Å²) in [6.45, 7) is 0. The van der Waals surface area contributed by atoms with E-state index in [0.29, 0.717) is 39.2 Å². The van der Waals surface area contributed by atoms with Crippen molar-refractivity contribution in [1.82, 2.24) is 9.78 Å². The van der Waals surface area contributed by atoms with Gasteiger partial charge in [-0.1, -0.05) is 12.1 Å². The van der Waals surface area contributed by atoms with Crippen LogP contribution in [0.3, 0.4) is 0 Å². The highest BCUT2D eigenvalue weighted by atomic mass is 16.5. The number of methoxy groups -OCH3 is 2. The fourth-order valence-electron chi connectivity index (χ4n) is 4.15. The van der Waals surface area contributed by atoms with E-state index in [4.69, 9.17) is 18.6 Å². The largest absolute Gasteiger partial charge is 0.497 e. The third-order valence-corrected chi connectivity index (χ3v) is 5.70. The molecule has 32 heavy (non-hydrogen) atoms. The van der Waals surface area contributed by atoms with Crippen LogP contribution in [0.4, 0.5) is 0 Å². The van der Waals surface area contributed by atoms with Crippen molar-refractivity contribution in [3.8, 4) is 28.4 Å². The SMILES string of the molecule is COc1ccc(-c2coc3c4c(cc(OC)c3c2=O)OC(=O)C[C@@H]4c2cnn(C)c2)cc1. The smallest absolute Gasteiger partial charge is 0.312 e. The van der Waals surface area contributed by atoms with Crippen molar-refractivity contribution in [2.45, 2.75) is 12.3 Å². The molecule has 5 rings (SSSR count). The number of hydrogen-bond acceptors (Lipinski definition) is 7. The minimum absolute atomic E-state index is 0.115. The molecule has 2 aromatic heterocycles. The Morgan fingerprint density at radius 3 is 2.56 bits per heavy atom. The summed E-state index contributed by atoms with van der Waals surface area (Å²) >= 11 is 0. The van der Waals surface area contributed by atoms with Gasteiger partial charge in [0.05, 0.1) is 32.4 Å². The molecular weight excluding hydrogens is 412 g/mol. The molecule has 0 bridgehead atoms. The molecule has 0 saturated heterocycles. The topological polar surface area (TPSA) is 92.8 Å². The zero-order valence-corrected chi connectivity index (χ0v) is 17.7. The molecule has 1 aliphatic rings. The van der Waals surface area contributed by atoms with E-state index in [2.05, 4.69) is 5.10 Å². The standard InChI is InChI=1S/C24H20N2O6/c1-26-11-14(10-25-26)16-8-20(27)32-19-9-18(30-3)22-23(28)17(12-31-24(22)21(16)19)13-4-6-15(29-2)7-5-13/h4-7,9-12,16H,8H2,1-3H3/t16-/m1/s1. The lowest BCUT2D eigenvalue weighted by molar-refractivity contribution is -0.135. The summed E-state index contributed by atoms with van der Waals surface area (Å²) in [5.41, 5.74) is 2.65. The van der Waals surface area contributed by atoms with Crippen molar-refractivity contribution in [3.05, 3.63) is 70.3 Å². The van der Waals surface area contributed by atoms with E-state index in [-0.39, 0.29) is 29.5 Å². The summed E-state index contributed by atoms with van der Waals surface area (Å²) in [5.74, 6) is 0.558. The fraction of sp³-hybridized carbons (Fsp3) is 0.208. The maximum absolute atomic E-state index is 13.6. The van der Waals surface area contributed by atoms with Crippen LogP contribution in [0.1, 0.15) is 23.5 Å². The van der Waals surface area contributed by atoms with Gasteiger partial charge in [0.15, 0.2) is 0 Å². The van der Waals surface area contributed by atoms with E-state index < -0.39 is 0 Å². The summed E-state index contributed by atoms with van der Waals surface area (Å²) in [6, 6.07) is 8.72. The third kappa shape index (κ3) is 3.11. The first-order valence-electron chi connectivity index (χ1n) is 10.00. The van der Waals surface area contributed by atoms with Crippen LogP contribution in [0.15, 0.2) is 58.2 Å². The van der Waals surface area contributed by atoms with Crippen molar-refractivity contribution in [3.63, 3.8) is 0 Å². The Balaban J connectivity index is 1.77. The molecule has 1 aliphatic heterocycles. The molecule has 8 heteroatoms. The van der Waals surface area contributed by atoms with Gasteiger partial charge in [0, 0.05) is 30.8 Å². The normalized spacial score (nSPS) is 15.3. The molecule has 0 aliphatic carbocycles. The molecule has 0 radical (unpaired) electrons. The molecule has 0 unspecified atom stereocenters. The number of carbonyl (C=O) groups excluding carboxylic acids is 1. The zero-order chi connectivity index (χ0) is 22.4. The number of hydrogen-bond donors (Lipinski definition) is 0. The average Bonchev–Trinajstić information content (AvgIpc) is 3.24. The molecule has 8 nitrogen and oxygen atoms in total. The van der Waals surface area contributed by atoms with Crippen LogP contribution >= 0.6 is 0 Å². The Kier molecular flexibility index (Phi) is 4.70. The van der Waals surface area contributed by atoms with Crippen molar-refractivity contribution in [2.75, 3.05) is 14.2 Å². The highest BCUT2D eigenvalue weighted by Crippen LogP contribution is 2.45. The highest BCUT2D eigenvalue weighted by molar-refractivity contribution is 5.94. The molecule has 0 saturated carbocycles. The van der Waals surface area contributed by atoms with Crippen LogP contribution in [0.25, 0.3) is 22.1 Å². The van der Waals surface area contributed by atoms with E-state index in [1.807, 2.05) is 6.20 Å². The molecule has 0 spiro atoms. The predicted molar refractivity (Wildman–Crippen MR) is 116 cm³/mol. The van der Waals surface area contributed by atoms with Gasteiger partial charge in [-0.15, -0.1) is 0 Å². The van der Waals surface area contributed by atoms with Crippen molar-refractivity contribution >= 4 is 16.9 Å². The summed E-state index contributed by atoms with van der Waals surface area (Å²) in [5, 5.41) is 4.52. The Morgan fingerprint density at radius 2 is 1.91 bits per heavy atom. The van der Waals surface area contributed by atoms with Crippen molar-refractivity contribution < 1.29 is 23.4 Å². The van der Waals surface area contributed by atoms with Crippen LogP contribution in [-0.2, 0) is 11.8 Å². The van der Waals surface area contributed by atoms with Crippen molar-refractivity contribution in [2.24, 2.45) is 7.05 Å². The molecule has 162 valence electrons. The van der Waals surface area contributed by atoms with Gasteiger partial charge in [-0.05, 0) is 23.3 Å². The highest BCUT2D eigenvalue weighted by Gasteiger charge is 2.34. The molecule has 4 aromatic rings. The Morgan fingerprint density at radius 1 is 1.12 bits per heavy atom. The maximum Gasteiger partial charge on any atom is 0.312 e. The van der Waals surface area contributed by atoms with Gasteiger partial charge in [0.25, 0.3) is 0 Å². The van der Waals surface area contributed by atoms with E-state index in [9.17, 15) is 9.59 Å². The molecule has 0 N–H and O–H groups in total. The van der Waals surface area contributed by atoms with Gasteiger partial charge < -0.3 is 18.6 Å².